The van der Waals surface area contributed by atoms with Crippen molar-refractivity contribution in [1.82, 2.24) is 5.32 Å². The van der Waals surface area contributed by atoms with Gasteiger partial charge in [0.05, 0.1) is 18.6 Å². The van der Waals surface area contributed by atoms with Gasteiger partial charge in [0, 0.05) is 13.0 Å². The number of hydrogen-bond donors (Lipinski definition) is 1. The average molecular weight is 192 g/mol. The zero-order chi connectivity index (χ0) is 9.64. The molecule has 0 aromatic carbocycles. The molecular weight excluding hydrogens is 176 g/mol. The zero-order valence-electron chi connectivity index (χ0n) is 8.33. The number of furan rings is 1. The van der Waals surface area contributed by atoms with Gasteiger partial charge in [0.1, 0.15) is 5.76 Å². The van der Waals surface area contributed by atoms with Crippen LogP contribution in [0.5, 0.6) is 0 Å². The van der Waals surface area contributed by atoms with Crippen molar-refractivity contribution in [3.63, 3.8) is 0 Å². The van der Waals surface area contributed by atoms with Crippen LogP contribution in [0.3, 0.4) is 0 Å². The molecule has 1 aliphatic rings. The van der Waals surface area contributed by atoms with Crippen molar-refractivity contribution >= 4 is 5.84 Å². The second-order valence-electron chi connectivity index (χ2n) is 3.58. The summed E-state index contributed by atoms with van der Waals surface area (Å²) in [6, 6.07) is 3.86. The topological polar surface area (TPSA) is 37.5 Å². The van der Waals surface area contributed by atoms with E-state index in [9.17, 15) is 0 Å². The summed E-state index contributed by atoms with van der Waals surface area (Å²) in [5.74, 6) is 2.07. The van der Waals surface area contributed by atoms with Crippen molar-refractivity contribution in [2.75, 3.05) is 6.54 Å². The summed E-state index contributed by atoms with van der Waals surface area (Å²) < 4.78 is 5.22. The third kappa shape index (κ3) is 2.62. The lowest BCUT2D eigenvalue weighted by atomic mass is 10.2. The van der Waals surface area contributed by atoms with Crippen molar-refractivity contribution in [1.29, 1.82) is 0 Å². The van der Waals surface area contributed by atoms with E-state index in [2.05, 4.69) is 10.3 Å². The van der Waals surface area contributed by atoms with Crippen LogP contribution < -0.4 is 5.32 Å². The highest BCUT2D eigenvalue weighted by Crippen LogP contribution is 2.07. The molecule has 1 aromatic rings. The number of nitrogens with zero attached hydrogens (tertiary/aromatic N) is 1. The largest absolute Gasteiger partial charge is 0.467 e. The third-order valence-corrected chi connectivity index (χ3v) is 2.43. The van der Waals surface area contributed by atoms with Crippen LogP contribution in [0.15, 0.2) is 27.8 Å². The summed E-state index contributed by atoms with van der Waals surface area (Å²) in [6.45, 7) is 1.73. The Balaban J connectivity index is 1.89. The van der Waals surface area contributed by atoms with Gasteiger partial charge in [-0.2, -0.15) is 0 Å². The van der Waals surface area contributed by atoms with Gasteiger partial charge >= 0.3 is 0 Å². The third-order valence-electron chi connectivity index (χ3n) is 2.43. The Morgan fingerprint density at radius 2 is 2.36 bits per heavy atom. The molecular formula is C11H16N2O. The molecule has 0 bridgehead atoms. The minimum absolute atomic E-state index is 0.662. The molecule has 0 aliphatic carbocycles. The summed E-state index contributed by atoms with van der Waals surface area (Å²) in [5, 5.41) is 3.35. The average Bonchev–Trinajstić information content (AvgIpc) is 2.58. The first-order chi connectivity index (χ1) is 6.95. The maximum absolute atomic E-state index is 5.22. The molecule has 3 nitrogen and oxygen atoms in total. The van der Waals surface area contributed by atoms with Crippen molar-refractivity contribution in [3.05, 3.63) is 24.2 Å². The molecule has 2 heterocycles. The Morgan fingerprint density at radius 3 is 3.21 bits per heavy atom. The first kappa shape index (κ1) is 9.31. The SMILES string of the molecule is c1coc(CN=C2CCCCCN2)c1. The molecule has 1 fully saturated rings. The molecule has 1 saturated heterocycles. The van der Waals surface area contributed by atoms with Gasteiger partial charge in [0.15, 0.2) is 0 Å². The van der Waals surface area contributed by atoms with Crippen LogP contribution in [-0.2, 0) is 6.54 Å². The molecule has 0 atom stereocenters. The highest BCUT2D eigenvalue weighted by atomic mass is 16.3. The summed E-state index contributed by atoms with van der Waals surface area (Å²) in [4.78, 5) is 4.50. The second-order valence-corrected chi connectivity index (χ2v) is 3.58. The number of amidine groups is 1. The molecule has 0 radical (unpaired) electrons. The molecule has 0 unspecified atom stereocenters. The van der Waals surface area contributed by atoms with Crippen LogP contribution in [0, 0.1) is 0 Å². The fourth-order valence-corrected chi connectivity index (χ4v) is 1.63. The van der Waals surface area contributed by atoms with E-state index in [4.69, 9.17) is 4.42 Å². The Hall–Kier alpha value is -1.25. The minimum atomic E-state index is 0.662. The maximum Gasteiger partial charge on any atom is 0.125 e. The number of hydrogen-bond acceptors (Lipinski definition) is 2. The Morgan fingerprint density at radius 1 is 1.36 bits per heavy atom. The van der Waals surface area contributed by atoms with Gasteiger partial charge in [0.2, 0.25) is 0 Å². The molecule has 1 aliphatic heterocycles. The molecule has 0 spiro atoms. The van der Waals surface area contributed by atoms with Crippen LogP contribution in [0.4, 0.5) is 0 Å². The van der Waals surface area contributed by atoms with E-state index < -0.39 is 0 Å². The number of rotatable bonds is 2. The van der Waals surface area contributed by atoms with Crippen molar-refractivity contribution in [2.45, 2.75) is 32.2 Å². The Labute approximate surface area is 84.2 Å². The lowest BCUT2D eigenvalue weighted by Gasteiger charge is -2.03. The molecule has 0 amide bonds. The molecule has 76 valence electrons. The van der Waals surface area contributed by atoms with Gasteiger partial charge in [-0.1, -0.05) is 6.42 Å². The van der Waals surface area contributed by atoms with E-state index in [1.165, 1.54) is 19.3 Å². The van der Waals surface area contributed by atoms with Gasteiger partial charge in [-0.3, -0.25) is 4.99 Å². The van der Waals surface area contributed by atoms with Crippen LogP contribution in [0.1, 0.15) is 31.4 Å². The van der Waals surface area contributed by atoms with Crippen molar-refractivity contribution < 1.29 is 4.42 Å². The summed E-state index contributed by atoms with van der Waals surface area (Å²) in [6.07, 6.45) is 6.60. The summed E-state index contributed by atoms with van der Waals surface area (Å²) in [5.41, 5.74) is 0. The fraction of sp³-hybridized carbons (Fsp3) is 0.545. The van der Waals surface area contributed by atoms with Crippen LogP contribution in [0.2, 0.25) is 0 Å². The molecule has 2 rings (SSSR count). The van der Waals surface area contributed by atoms with Crippen LogP contribution in [-0.4, -0.2) is 12.4 Å². The van der Waals surface area contributed by atoms with Crippen molar-refractivity contribution in [2.24, 2.45) is 4.99 Å². The van der Waals surface area contributed by atoms with E-state index in [0.29, 0.717) is 6.54 Å². The predicted molar refractivity (Wildman–Crippen MR) is 56.3 cm³/mol. The summed E-state index contributed by atoms with van der Waals surface area (Å²) >= 11 is 0. The Bertz CT molecular complexity index is 280. The normalized spacial score (nSPS) is 20.4. The predicted octanol–water partition coefficient (Wildman–Crippen LogP) is 2.34. The minimum Gasteiger partial charge on any atom is -0.467 e. The van der Waals surface area contributed by atoms with E-state index in [1.807, 2.05) is 12.1 Å². The van der Waals surface area contributed by atoms with Gasteiger partial charge in [0.25, 0.3) is 0 Å². The van der Waals surface area contributed by atoms with E-state index >= 15 is 0 Å². The zero-order valence-corrected chi connectivity index (χ0v) is 8.33. The quantitative estimate of drug-likeness (QED) is 0.781. The standard InChI is InChI=1S/C11H16N2O/c1-2-6-11(12-7-3-1)13-9-10-5-4-8-14-10/h4-5,8H,1-3,6-7,9H2,(H,12,13). The van der Waals surface area contributed by atoms with E-state index in [-0.39, 0.29) is 0 Å². The van der Waals surface area contributed by atoms with Gasteiger partial charge in [-0.25, -0.2) is 0 Å². The highest BCUT2D eigenvalue weighted by Gasteiger charge is 2.04. The Kier molecular flexibility index (Phi) is 3.22. The summed E-state index contributed by atoms with van der Waals surface area (Å²) in [7, 11) is 0. The monoisotopic (exact) mass is 192 g/mol. The van der Waals surface area contributed by atoms with Crippen LogP contribution >= 0.6 is 0 Å². The fourth-order valence-electron chi connectivity index (χ4n) is 1.63. The number of nitrogens with one attached hydrogen (secondary N) is 1. The van der Waals surface area contributed by atoms with E-state index in [0.717, 1.165) is 24.6 Å². The molecule has 3 heteroatoms. The first-order valence-electron chi connectivity index (χ1n) is 5.25. The van der Waals surface area contributed by atoms with E-state index in [1.54, 1.807) is 6.26 Å². The highest BCUT2D eigenvalue weighted by molar-refractivity contribution is 5.82. The lowest BCUT2D eigenvalue weighted by Crippen LogP contribution is -2.22. The molecule has 1 aromatic heterocycles. The lowest BCUT2D eigenvalue weighted by molar-refractivity contribution is 0.512. The van der Waals surface area contributed by atoms with Gasteiger partial charge in [-0.05, 0) is 25.0 Å². The van der Waals surface area contributed by atoms with Gasteiger partial charge in [-0.15, -0.1) is 0 Å². The smallest absolute Gasteiger partial charge is 0.125 e. The molecule has 0 saturated carbocycles. The number of aliphatic imine (C=N–C) groups is 1. The van der Waals surface area contributed by atoms with Crippen LogP contribution in [0.25, 0.3) is 0 Å². The first-order valence-corrected chi connectivity index (χ1v) is 5.25. The van der Waals surface area contributed by atoms with Crippen molar-refractivity contribution in [3.8, 4) is 0 Å². The van der Waals surface area contributed by atoms with Gasteiger partial charge < -0.3 is 9.73 Å². The molecule has 14 heavy (non-hydrogen) atoms. The molecule has 1 N–H and O–H groups in total. The maximum atomic E-state index is 5.22. The second kappa shape index (κ2) is 4.84.